The number of hydrogen-bond acceptors (Lipinski definition) is 3. The molecule has 0 spiro atoms. The van der Waals surface area contributed by atoms with E-state index in [0.29, 0.717) is 17.1 Å². The maximum atomic E-state index is 7.51. The lowest BCUT2D eigenvalue weighted by Gasteiger charge is -2.21. The maximum Gasteiger partial charge on any atom is 0.123 e. The highest BCUT2D eigenvalue weighted by Gasteiger charge is 2.09. The van der Waals surface area contributed by atoms with Crippen molar-refractivity contribution in [2.45, 2.75) is 6.54 Å². The molecule has 2 aromatic rings. The molecule has 0 fully saturated rings. The Morgan fingerprint density at radius 2 is 2.05 bits per heavy atom. The van der Waals surface area contributed by atoms with E-state index in [-0.39, 0.29) is 5.84 Å². The highest BCUT2D eigenvalue weighted by atomic mass is 35.5. The molecule has 0 heterocycles. The minimum Gasteiger partial charge on any atom is -0.496 e. The van der Waals surface area contributed by atoms with Crippen molar-refractivity contribution in [3.8, 4) is 5.75 Å². The summed E-state index contributed by atoms with van der Waals surface area (Å²) < 4.78 is 5.36. The Morgan fingerprint density at radius 3 is 2.71 bits per heavy atom. The predicted molar refractivity (Wildman–Crippen MR) is 87.6 cm³/mol. The minimum absolute atomic E-state index is 0.0607. The molecule has 0 aliphatic carbocycles. The van der Waals surface area contributed by atoms with E-state index in [1.54, 1.807) is 13.2 Å². The zero-order valence-electron chi connectivity index (χ0n) is 12.1. The van der Waals surface area contributed by atoms with Crippen LogP contribution in [0.15, 0.2) is 42.5 Å². The second-order valence-corrected chi connectivity index (χ2v) is 5.21. The first-order valence-corrected chi connectivity index (χ1v) is 6.87. The number of halogens is 1. The number of benzene rings is 2. The van der Waals surface area contributed by atoms with Crippen LogP contribution in [0.4, 0.5) is 5.69 Å². The fraction of sp³-hybridized carbons (Fsp3) is 0.188. The maximum absolute atomic E-state index is 7.51. The normalized spacial score (nSPS) is 10.2. The Balaban J connectivity index is 2.25. The van der Waals surface area contributed by atoms with Gasteiger partial charge in [-0.25, -0.2) is 0 Å². The molecular weight excluding hydrogens is 286 g/mol. The van der Waals surface area contributed by atoms with Crippen LogP contribution in [-0.2, 0) is 6.54 Å². The summed E-state index contributed by atoms with van der Waals surface area (Å²) in [5.41, 5.74) is 8.21. The van der Waals surface area contributed by atoms with Crippen molar-refractivity contribution < 1.29 is 4.74 Å². The van der Waals surface area contributed by atoms with Crippen LogP contribution in [0.5, 0.6) is 5.75 Å². The zero-order chi connectivity index (χ0) is 15.4. The van der Waals surface area contributed by atoms with Gasteiger partial charge < -0.3 is 15.4 Å². The molecule has 0 aromatic heterocycles. The molecule has 21 heavy (non-hydrogen) atoms. The van der Waals surface area contributed by atoms with Gasteiger partial charge >= 0.3 is 0 Å². The van der Waals surface area contributed by atoms with E-state index in [2.05, 4.69) is 4.90 Å². The SMILES string of the molecule is COc1ccc(Cl)cc1CN(C)c1cccc(C(=N)N)c1. The first-order chi connectivity index (χ1) is 10.0. The molecule has 0 atom stereocenters. The van der Waals surface area contributed by atoms with Crippen LogP contribution in [-0.4, -0.2) is 20.0 Å². The van der Waals surface area contributed by atoms with Gasteiger partial charge in [-0.3, -0.25) is 5.41 Å². The Morgan fingerprint density at radius 1 is 1.29 bits per heavy atom. The van der Waals surface area contributed by atoms with Gasteiger partial charge in [-0.15, -0.1) is 0 Å². The van der Waals surface area contributed by atoms with Crippen LogP contribution in [0.25, 0.3) is 0 Å². The molecule has 0 amide bonds. The quantitative estimate of drug-likeness (QED) is 0.658. The minimum atomic E-state index is 0.0607. The molecule has 0 aliphatic heterocycles. The predicted octanol–water partition coefficient (Wildman–Crippen LogP) is 3.27. The molecule has 0 saturated carbocycles. The molecular formula is C16H18ClN3O. The van der Waals surface area contributed by atoms with E-state index < -0.39 is 0 Å². The Hall–Kier alpha value is -2.20. The van der Waals surface area contributed by atoms with Crippen LogP contribution >= 0.6 is 11.6 Å². The Labute approximate surface area is 129 Å². The largest absolute Gasteiger partial charge is 0.496 e. The lowest BCUT2D eigenvalue weighted by molar-refractivity contribution is 0.409. The number of nitrogens with one attached hydrogen (secondary N) is 1. The van der Waals surface area contributed by atoms with Crippen LogP contribution in [0.3, 0.4) is 0 Å². The van der Waals surface area contributed by atoms with Crippen molar-refractivity contribution in [2.24, 2.45) is 5.73 Å². The summed E-state index contributed by atoms with van der Waals surface area (Å²) in [6, 6.07) is 13.1. The second kappa shape index (κ2) is 6.50. The van der Waals surface area contributed by atoms with Gasteiger partial charge in [0, 0.05) is 35.4 Å². The summed E-state index contributed by atoms with van der Waals surface area (Å²) in [6.07, 6.45) is 0. The first-order valence-electron chi connectivity index (χ1n) is 6.49. The Kier molecular flexibility index (Phi) is 4.70. The van der Waals surface area contributed by atoms with E-state index in [0.717, 1.165) is 17.0 Å². The van der Waals surface area contributed by atoms with Crippen molar-refractivity contribution in [3.63, 3.8) is 0 Å². The number of nitrogens with zero attached hydrogens (tertiary/aromatic N) is 1. The summed E-state index contributed by atoms with van der Waals surface area (Å²) in [5, 5.41) is 8.19. The number of nitrogen functional groups attached to an aromatic ring is 1. The summed E-state index contributed by atoms with van der Waals surface area (Å²) in [5.74, 6) is 0.861. The van der Waals surface area contributed by atoms with Crippen LogP contribution in [0.1, 0.15) is 11.1 Å². The van der Waals surface area contributed by atoms with Crippen molar-refractivity contribution >= 4 is 23.1 Å². The summed E-state index contributed by atoms with van der Waals surface area (Å²) in [6.45, 7) is 0.644. The lowest BCUT2D eigenvalue weighted by Crippen LogP contribution is -2.18. The molecule has 110 valence electrons. The topological polar surface area (TPSA) is 62.3 Å². The summed E-state index contributed by atoms with van der Waals surface area (Å²) in [7, 11) is 3.61. The van der Waals surface area contributed by atoms with Crippen molar-refractivity contribution in [3.05, 3.63) is 58.6 Å². The highest BCUT2D eigenvalue weighted by Crippen LogP contribution is 2.25. The second-order valence-electron chi connectivity index (χ2n) is 4.78. The van der Waals surface area contributed by atoms with E-state index in [1.165, 1.54) is 0 Å². The van der Waals surface area contributed by atoms with Gasteiger partial charge in [0.25, 0.3) is 0 Å². The van der Waals surface area contributed by atoms with Gasteiger partial charge in [-0.05, 0) is 30.3 Å². The van der Waals surface area contributed by atoms with Crippen LogP contribution in [0, 0.1) is 5.41 Å². The van der Waals surface area contributed by atoms with E-state index >= 15 is 0 Å². The van der Waals surface area contributed by atoms with Gasteiger partial charge in [0.05, 0.1) is 7.11 Å². The number of nitrogens with two attached hydrogens (primary N) is 1. The summed E-state index contributed by atoms with van der Waals surface area (Å²) >= 11 is 6.05. The lowest BCUT2D eigenvalue weighted by atomic mass is 10.1. The number of hydrogen-bond donors (Lipinski definition) is 2. The molecule has 5 heteroatoms. The fourth-order valence-corrected chi connectivity index (χ4v) is 2.32. The molecule has 2 aromatic carbocycles. The van der Waals surface area contributed by atoms with Gasteiger partial charge in [0.15, 0.2) is 0 Å². The molecule has 0 saturated heterocycles. The fourth-order valence-electron chi connectivity index (χ4n) is 2.13. The van der Waals surface area contributed by atoms with E-state index in [4.69, 9.17) is 27.5 Å². The first kappa shape index (κ1) is 15.2. The smallest absolute Gasteiger partial charge is 0.123 e. The van der Waals surface area contributed by atoms with Gasteiger partial charge in [-0.1, -0.05) is 23.7 Å². The van der Waals surface area contributed by atoms with Gasteiger partial charge in [0.1, 0.15) is 11.6 Å². The average molecular weight is 304 g/mol. The van der Waals surface area contributed by atoms with Crippen LogP contribution in [0.2, 0.25) is 5.02 Å². The van der Waals surface area contributed by atoms with Crippen molar-refractivity contribution in [2.75, 3.05) is 19.1 Å². The number of amidine groups is 1. The number of anilines is 1. The van der Waals surface area contributed by atoms with E-state index in [1.807, 2.05) is 43.4 Å². The van der Waals surface area contributed by atoms with Crippen molar-refractivity contribution in [1.29, 1.82) is 5.41 Å². The third-order valence-electron chi connectivity index (χ3n) is 3.25. The molecule has 0 unspecified atom stereocenters. The van der Waals surface area contributed by atoms with Gasteiger partial charge in [0.2, 0.25) is 0 Å². The van der Waals surface area contributed by atoms with Crippen molar-refractivity contribution in [1.82, 2.24) is 0 Å². The highest BCUT2D eigenvalue weighted by molar-refractivity contribution is 6.30. The zero-order valence-corrected chi connectivity index (χ0v) is 12.8. The molecule has 0 bridgehead atoms. The Bertz CT molecular complexity index is 658. The number of ether oxygens (including phenoxy) is 1. The average Bonchev–Trinajstić information content (AvgIpc) is 2.47. The third-order valence-corrected chi connectivity index (χ3v) is 3.48. The summed E-state index contributed by atoms with van der Waals surface area (Å²) in [4.78, 5) is 2.06. The molecule has 0 aliphatic rings. The van der Waals surface area contributed by atoms with Crippen LogP contribution < -0.4 is 15.4 Å². The molecule has 2 rings (SSSR count). The van der Waals surface area contributed by atoms with Gasteiger partial charge in [-0.2, -0.15) is 0 Å². The molecule has 4 nitrogen and oxygen atoms in total. The molecule has 3 N–H and O–H groups in total. The number of methoxy groups -OCH3 is 1. The standard InChI is InChI=1S/C16H18ClN3O/c1-20(14-5-3-4-11(9-14)16(18)19)10-12-8-13(17)6-7-15(12)21-2/h3-9H,10H2,1-2H3,(H3,18,19). The monoisotopic (exact) mass is 303 g/mol. The number of rotatable bonds is 5. The third kappa shape index (κ3) is 3.67. The van der Waals surface area contributed by atoms with E-state index in [9.17, 15) is 0 Å². The molecule has 0 radical (unpaired) electrons.